The zero-order chi connectivity index (χ0) is 82.0. The van der Waals surface area contributed by atoms with Crippen LogP contribution in [-0.4, -0.2) is 39.9 Å². The highest BCUT2D eigenvalue weighted by Gasteiger charge is 2.36. The minimum absolute atomic E-state index is 0.164. The summed E-state index contributed by atoms with van der Waals surface area (Å²) in [5.41, 5.74) is 17.9. The van der Waals surface area contributed by atoms with Gasteiger partial charge in [-0.2, -0.15) is 5.26 Å². The van der Waals surface area contributed by atoms with Crippen molar-refractivity contribution < 1.29 is 35.3 Å². The Bertz CT molecular complexity index is 7070. The maximum Gasteiger partial charge on any atom is 0.284 e. The molecule has 0 amide bonds. The first-order chi connectivity index (χ1) is 60.6. The number of aromatic nitrogens is 8. The van der Waals surface area contributed by atoms with E-state index in [1.807, 2.05) is 0 Å². The van der Waals surface area contributed by atoms with Crippen LogP contribution < -0.4 is 0 Å². The minimum atomic E-state index is -0.417. The lowest BCUT2D eigenvalue weighted by atomic mass is 9.77. The molecular weight excluding hydrogens is 1530 g/mol. The number of unbranched alkanes of at least 4 members (excludes halogenated alkanes) is 8. The normalized spacial score (nSPS) is 15.4. The summed E-state index contributed by atoms with van der Waals surface area (Å²) >= 11 is 0. The molecule has 0 fully saturated rings. The lowest BCUT2D eigenvalue weighted by Gasteiger charge is -2.27. The first kappa shape index (κ1) is 72.9. The smallest absolute Gasteiger partial charge is 0.284 e. The van der Waals surface area contributed by atoms with Crippen molar-refractivity contribution in [2.75, 3.05) is 0 Å². The van der Waals surface area contributed by atoms with Gasteiger partial charge in [-0.3, -0.25) is 0 Å². The summed E-state index contributed by atoms with van der Waals surface area (Å²) in [5, 5.41) is 21.4. The maximum atomic E-state index is 7.89. The molecule has 0 radical (unpaired) electrons. The van der Waals surface area contributed by atoms with E-state index in [-0.39, 0.29) is 45.7 Å². The average molecular weight is 1610 g/mol. The molecule has 123 heavy (non-hydrogen) atoms. The van der Waals surface area contributed by atoms with Crippen LogP contribution in [-0.2, 0) is 0 Å². The number of benzene rings is 12. The van der Waals surface area contributed by atoms with Crippen LogP contribution in [0.25, 0.3) is 221 Å². The van der Waals surface area contributed by atoms with Crippen LogP contribution in [0.15, 0.2) is 229 Å². The molecule has 28 rings (SSSR count). The molecule has 17 heteroatoms. The molecule has 0 N–H and O–H groups in total. The Morgan fingerprint density at radius 1 is 0.220 bits per heavy atom. The third-order valence-corrected chi connectivity index (χ3v) is 26.7. The second kappa shape index (κ2) is 28.8. The number of nitrogens with zero attached hydrogens (tertiary/aromatic N) is 9. The molecule has 0 spiro atoms. The Balaban J connectivity index is 0.00000280. The topological polar surface area (TPSA) is 232 Å². The van der Waals surface area contributed by atoms with Gasteiger partial charge in [0, 0.05) is 142 Å². The lowest BCUT2D eigenvalue weighted by Crippen LogP contribution is -2.12. The van der Waals surface area contributed by atoms with Gasteiger partial charge >= 0.3 is 0 Å². The third kappa shape index (κ3) is 11.7. The molecule has 0 aliphatic carbocycles. The van der Waals surface area contributed by atoms with E-state index >= 15 is 0 Å². The SMILES string of the molecule is CC#N.CCCCCC1c2cc3c4cc2oc2nc5c6ccc7c8ccc(cc8)c8ccc9c%10ccc(cc%10)c%10ccc%11c%12ccc(cc%12)c%12ccc(c%13ccc6cc%13)c6nc(o4)c(nc%126)oc4cc6oc%12nc%11c%10nc%12oc%10cc%11oc%12nc9c8nc%12oc8cc(oc2nc75)c1cc8C(CCCCC)c%11cc%10C(CCCCC)c6cc4C3CCCCC. The van der Waals surface area contributed by atoms with E-state index in [9.17, 15) is 0 Å². The highest BCUT2D eigenvalue weighted by molar-refractivity contribution is 6.20. The van der Waals surface area contributed by atoms with Crippen LogP contribution in [0.5, 0.6) is 0 Å². The predicted octanol–water partition coefficient (Wildman–Crippen LogP) is 30.3. The zero-order valence-electron chi connectivity index (χ0n) is 68.9. The number of hydrogen-bond donors (Lipinski definition) is 0. The van der Waals surface area contributed by atoms with Crippen LogP contribution >= 0.6 is 0 Å². The van der Waals surface area contributed by atoms with Gasteiger partial charge in [0.15, 0.2) is 0 Å². The van der Waals surface area contributed by atoms with Gasteiger partial charge in [-0.25, -0.2) is 39.9 Å². The van der Waals surface area contributed by atoms with Crippen molar-refractivity contribution >= 4 is 221 Å². The highest BCUT2D eigenvalue weighted by Crippen LogP contribution is 2.52. The van der Waals surface area contributed by atoms with Crippen molar-refractivity contribution in [2.24, 2.45) is 0 Å². The van der Waals surface area contributed by atoms with Crippen molar-refractivity contribution in [3.05, 3.63) is 239 Å². The minimum Gasteiger partial charge on any atom is -0.434 e. The van der Waals surface area contributed by atoms with Crippen LogP contribution in [0.1, 0.15) is 206 Å². The highest BCUT2D eigenvalue weighted by atomic mass is 16.4. The Kier molecular flexibility index (Phi) is 17.1. The molecule has 4 aliphatic heterocycles. The Labute approximate surface area is 702 Å². The van der Waals surface area contributed by atoms with E-state index in [0.29, 0.717) is 114 Å². The molecule has 0 saturated heterocycles. The van der Waals surface area contributed by atoms with E-state index < -0.39 is 23.7 Å². The van der Waals surface area contributed by atoms with Crippen LogP contribution in [0.3, 0.4) is 0 Å². The maximum absolute atomic E-state index is 7.89. The second-order valence-electron chi connectivity index (χ2n) is 34.0. The third-order valence-electron chi connectivity index (χ3n) is 26.7. The van der Waals surface area contributed by atoms with Gasteiger partial charge in [0.1, 0.15) is 88.8 Å². The summed E-state index contributed by atoms with van der Waals surface area (Å²) in [5.74, 6) is -1.67. The fourth-order valence-electron chi connectivity index (χ4n) is 20.5. The second-order valence-corrected chi connectivity index (χ2v) is 34.0. The molecule has 12 aromatic carbocycles. The lowest BCUT2D eigenvalue weighted by molar-refractivity contribution is 0.579. The zero-order valence-corrected chi connectivity index (χ0v) is 68.9. The molecule has 4 aliphatic rings. The van der Waals surface area contributed by atoms with Crippen molar-refractivity contribution in [1.29, 1.82) is 5.26 Å². The number of hydrogen-bond acceptors (Lipinski definition) is 17. The molecule has 32 bridgehead atoms. The molecule has 17 nitrogen and oxygen atoms in total. The summed E-state index contributed by atoms with van der Waals surface area (Å²) in [6.07, 6.45) is 14.0. The van der Waals surface area contributed by atoms with Crippen molar-refractivity contribution in [3.8, 4) is 6.07 Å². The van der Waals surface area contributed by atoms with Gasteiger partial charge in [-0.05, 0) is 93.0 Å². The predicted molar refractivity (Wildman–Crippen MR) is 492 cm³/mol. The van der Waals surface area contributed by atoms with E-state index in [0.717, 1.165) is 208 Å². The van der Waals surface area contributed by atoms with Gasteiger partial charge in [0.2, 0.25) is 0 Å². The first-order valence-corrected chi connectivity index (χ1v) is 43.9. The molecule has 0 unspecified atom stereocenters. The first-order valence-electron chi connectivity index (χ1n) is 43.9. The van der Waals surface area contributed by atoms with E-state index in [4.69, 9.17) is 80.5 Å². The number of rotatable bonds is 16. The Hall–Kier alpha value is -14.1. The summed E-state index contributed by atoms with van der Waals surface area (Å²) in [6.45, 7) is 10.5. The van der Waals surface area contributed by atoms with E-state index in [1.54, 1.807) is 6.07 Å². The van der Waals surface area contributed by atoms with Gasteiger partial charge in [-0.1, -0.05) is 250 Å². The molecule has 0 saturated carbocycles. The summed E-state index contributed by atoms with van der Waals surface area (Å²) in [6, 6.07) is 71.7. The number of fused-ring (bicyclic) bond motifs is 8. The average Bonchev–Trinajstić information content (AvgIpc) is 1.40. The largest absolute Gasteiger partial charge is 0.434 e. The van der Waals surface area contributed by atoms with Gasteiger partial charge < -0.3 is 35.3 Å². The summed E-state index contributed by atoms with van der Waals surface area (Å²) in [7, 11) is 0. The Morgan fingerprint density at radius 3 is 0.488 bits per heavy atom. The molecule has 0 atom stereocenters. The molecule has 16 heterocycles. The van der Waals surface area contributed by atoms with Crippen LogP contribution in [0.4, 0.5) is 0 Å². The molecular formula is C106H83N9O8. The molecule has 24 aromatic rings. The van der Waals surface area contributed by atoms with E-state index in [2.05, 4.69) is 222 Å². The van der Waals surface area contributed by atoms with E-state index in [1.165, 1.54) is 6.92 Å². The van der Waals surface area contributed by atoms with Gasteiger partial charge in [-0.15, -0.1) is 0 Å². The summed E-state index contributed by atoms with van der Waals surface area (Å²) < 4.78 is 63.1. The van der Waals surface area contributed by atoms with Crippen LogP contribution in [0, 0.1) is 11.3 Å². The standard InChI is InChI=1S/C104H80N8O8.C2H3N/c1-5-9-13-17-69-73-45-75-70(18-14-10-6-2)77-47-79-72(20-16-12-8-4)80-48-78-71(19-15-11-7-3)76-46-74(69)82-50-84(76)116-100-102-110-94-66-42-40-64(92(94)108-100)56-27-23-54(24-28-56)62-38-37-61-53-21-25-55(26-22-53)63-39-41-65-57-29-33-59(34-30-57)67-43-44-68(60-35-31-58(66)32-36-60)96-95(67)111-103(104(112-96)120-88(80)52-86(78)118-102)119-87(79)51-85(77)117-101-99(107-91(63)93(65)109-101)115-83(75)49-81(73)113-97-98(114-82)106-90(62)89(61)105-97;1-2-3/h21-52,69-72H,5-20H2,1-4H3;1H3. The molecule has 600 valence electrons. The van der Waals surface area contributed by atoms with Crippen molar-refractivity contribution in [1.82, 2.24) is 39.9 Å². The monoisotopic (exact) mass is 1610 g/mol. The van der Waals surface area contributed by atoms with Crippen molar-refractivity contribution in [3.63, 3.8) is 0 Å². The van der Waals surface area contributed by atoms with Crippen molar-refractivity contribution in [2.45, 2.75) is 161 Å². The fraction of sp³-hybridized carbons (Fsp3) is 0.236. The van der Waals surface area contributed by atoms with Gasteiger partial charge in [0.05, 0.1) is 6.07 Å². The quantitative estimate of drug-likeness (QED) is 0.0818. The van der Waals surface area contributed by atoms with Gasteiger partial charge in [0.25, 0.3) is 45.7 Å². The molecule has 12 aromatic heterocycles. The number of nitriles is 1. The summed E-state index contributed by atoms with van der Waals surface area (Å²) in [4.78, 5) is 46.8. The fourth-order valence-corrected chi connectivity index (χ4v) is 20.5. The van der Waals surface area contributed by atoms with Crippen LogP contribution in [0.2, 0.25) is 0 Å². The Morgan fingerprint density at radius 2 is 0.358 bits per heavy atom.